The number of hydrogen-bond acceptors (Lipinski definition) is 3. The summed E-state index contributed by atoms with van der Waals surface area (Å²) < 4.78 is 24.6. The molecular weight excluding hydrogens is 356 g/mol. The van der Waals surface area contributed by atoms with Gasteiger partial charge in [0.05, 0.1) is 11.1 Å². The minimum absolute atomic E-state index is 0.198. The minimum atomic E-state index is -3.66. The quantitative estimate of drug-likeness (QED) is 0.526. The van der Waals surface area contributed by atoms with Gasteiger partial charge >= 0.3 is 0 Å². The third-order valence-corrected chi connectivity index (χ3v) is 5.89. The van der Waals surface area contributed by atoms with Crippen LogP contribution in [0.4, 0.5) is 0 Å². The molecule has 0 radical (unpaired) electrons. The first-order valence-electron chi connectivity index (χ1n) is 9.13. The second kappa shape index (κ2) is 9.00. The second-order valence-corrected chi connectivity index (χ2v) is 8.56. The number of allylic oxidation sites excluding steroid dienone is 2. The van der Waals surface area contributed by atoms with Crippen molar-refractivity contribution < 1.29 is 8.42 Å². The Balaban J connectivity index is 2.21. The van der Waals surface area contributed by atoms with E-state index in [1.54, 1.807) is 24.3 Å². The maximum absolute atomic E-state index is 12.3. The van der Waals surface area contributed by atoms with Crippen molar-refractivity contribution in [3.8, 4) is 0 Å². The average molecular weight is 385 g/mol. The van der Waals surface area contributed by atoms with Crippen molar-refractivity contribution in [2.75, 3.05) is 0 Å². The van der Waals surface area contributed by atoms with Crippen LogP contribution in [0.25, 0.3) is 5.57 Å². The Morgan fingerprint density at radius 2 is 1.74 bits per heavy atom. The summed E-state index contributed by atoms with van der Waals surface area (Å²) in [5.41, 5.74) is 6.86. The van der Waals surface area contributed by atoms with Crippen molar-refractivity contribution in [1.29, 1.82) is 0 Å². The van der Waals surface area contributed by atoms with Gasteiger partial charge in [0, 0.05) is 0 Å². The first kappa shape index (κ1) is 20.9. The highest BCUT2D eigenvalue weighted by Crippen LogP contribution is 2.24. The lowest BCUT2D eigenvalue weighted by molar-refractivity contribution is 0.584. The van der Waals surface area contributed by atoms with Crippen molar-refractivity contribution in [1.82, 2.24) is 4.83 Å². The van der Waals surface area contributed by atoms with E-state index >= 15 is 0 Å². The molecule has 0 unspecified atom stereocenters. The zero-order chi connectivity index (χ0) is 20.0. The fourth-order valence-electron chi connectivity index (χ4n) is 2.86. The first-order chi connectivity index (χ1) is 12.7. The van der Waals surface area contributed by atoms with Crippen molar-refractivity contribution in [3.05, 3.63) is 70.3 Å². The van der Waals surface area contributed by atoms with E-state index in [2.05, 4.69) is 37.6 Å². The third kappa shape index (κ3) is 5.54. The molecule has 0 atom stereocenters. The smallest absolute Gasteiger partial charge is 0.200 e. The van der Waals surface area contributed by atoms with E-state index < -0.39 is 10.0 Å². The summed E-state index contributed by atoms with van der Waals surface area (Å²) in [6.45, 7) is 10.5. The number of aryl methyl sites for hydroxylation is 2. The van der Waals surface area contributed by atoms with Crippen molar-refractivity contribution >= 4 is 21.8 Å². The van der Waals surface area contributed by atoms with Gasteiger partial charge in [-0.05, 0) is 74.6 Å². The lowest BCUT2D eigenvalue weighted by Gasteiger charge is -2.11. The van der Waals surface area contributed by atoms with Gasteiger partial charge in [-0.15, -0.1) is 0 Å². The highest BCUT2D eigenvalue weighted by molar-refractivity contribution is 7.89. The van der Waals surface area contributed by atoms with Gasteiger partial charge in [-0.1, -0.05) is 48.7 Å². The molecule has 0 heterocycles. The van der Waals surface area contributed by atoms with E-state index in [1.807, 2.05) is 25.1 Å². The monoisotopic (exact) mass is 384 g/mol. The van der Waals surface area contributed by atoms with E-state index in [0.717, 1.165) is 24.0 Å². The van der Waals surface area contributed by atoms with Crippen LogP contribution in [0, 0.1) is 13.8 Å². The summed E-state index contributed by atoms with van der Waals surface area (Å²) in [6.07, 6.45) is 3.72. The maximum atomic E-state index is 12.3. The van der Waals surface area contributed by atoms with Gasteiger partial charge in [0.2, 0.25) is 0 Å². The molecule has 0 spiro atoms. The van der Waals surface area contributed by atoms with E-state index in [4.69, 9.17) is 0 Å². The van der Waals surface area contributed by atoms with Gasteiger partial charge in [-0.2, -0.15) is 13.5 Å². The van der Waals surface area contributed by atoms with Crippen molar-refractivity contribution in [3.63, 3.8) is 0 Å². The van der Waals surface area contributed by atoms with E-state index in [-0.39, 0.29) is 4.90 Å². The highest BCUT2D eigenvalue weighted by atomic mass is 32.2. The van der Waals surface area contributed by atoms with Crippen LogP contribution in [0.15, 0.2) is 58.0 Å². The molecule has 144 valence electrons. The van der Waals surface area contributed by atoms with Crippen LogP contribution in [0.1, 0.15) is 55.9 Å². The second-order valence-electron chi connectivity index (χ2n) is 6.90. The highest BCUT2D eigenvalue weighted by Gasteiger charge is 2.12. The van der Waals surface area contributed by atoms with Crippen molar-refractivity contribution in [2.45, 2.75) is 52.4 Å². The Morgan fingerprint density at radius 1 is 1.07 bits per heavy atom. The standard InChI is InChI=1S/C22H28N2O2S/c1-6-7-17(3)19(5)22-14-20(11-10-18(22)4)15-23-24-27(25,26)21-12-8-16(2)9-13-21/h8-15,24H,6-7H2,1-5H3/b19-17-,23-15?. The predicted octanol–water partition coefficient (Wildman–Crippen LogP) is 5.21. The summed E-state index contributed by atoms with van der Waals surface area (Å²) in [5, 5.41) is 3.94. The molecule has 2 aromatic rings. The Hall–Kier alpha value is -2.40. The van der Waals surface area contributed by atoms with Gasteiger partial charge in [-0.3, -0.25) is 0 Å². The summed E-state index contributed by atoms with van der Waals surface area (Å²) in [4.78, 5) is 2.48. The van der Waals surface area contributed by atoms with Crippen LogP contribution in [0.2, 0.25) is 0 Å². The maximum Gasteiger partial charge on any atom is 0.276 e. The molecule has 0 fully saturated rings. The summed E-state index contributed by atoms with van der Waals surface area (Å²) in [7, 11) is -3.66. The van der Waals surface area contributed by atoms with E-state index in [9.17, 15) is 8.42 Å². The number of benzene rings is 2. The molecule has 2 rings (SSSR count). The van der Waals surface area contributed by atoms with Crippen LogP contribution < -0.4 is 4.83 Å². The average Bonchev–Trinajstić information content (AvgIpc) is 2.63. The molecule has 27 heavy (non-hydrogen) atoms. The predicted molar refractivity (Wildman–Crippen MR) is 113 cm³/mol. The molecule has 0 aliphatic carbocycles. The molecule has 5 heteroatoms. The Morgan fingerprint density at radius 3 is 2.37 bits per heavy atom. The SMILES string of the molecule is CCC/C(C)=C(/C)c1cc(C=NNS(=O)(=O)c2ccc(C)cc2)ccc1C. The fourth-order valence-corrected chi connectivity index (χ4v) is 3.65. The van der Waals surface area contributed by atoms with Crippen LogP contribution in [0.5, 0.6) is 0 Å². The topological polar surface area (TPSA) is 58.5 Å². The number of hydrazone groups is 1. The lowest BCUT2D eigenvalue weighted by atomic mass is 9.94. The molecule has 0 aliphatic heterocycles. The zero-order valence-electron chi connectivity index (χ0n) is 16.7. The van der Waals surface area contributed by atoms with Gasteiger partial charge in [0.1, 0.15) is 0 Å². The van der Waals surface area contributed by atoms with Crippen LogP contribution in [-0.2, 0) is 10.0 Å². The first-order valence-corrected chi connectivity index (χ1v) is 10.6. The Labute approximate surface area is 163 Å². The van der Waals surface area contributed by atoms with Crippen molar-refractivity contribution in [2.24, 2.45) is 5.10 Å². The van der Waals surface area contributed by atoms with Crippen LogP contribution in [0.3, 0.4) is 0 Å². The largest absolute Gasteiger partial charge is 0.276 e. The molecule has 0 saturated carbocycles. The number of nitrogens with one attached hydrogen (secondary N) is 1. The Bertz CT molecular complexity index is 956. The van der Waals surface area contributed by atoms with E-state index in [1.165, 1.54) is 28.5 Å². The molecule has 0 aromatic heterocycles. The third-order valence-electron chi connectivity index (χ3n) is 4.65. The molecule has 2 aromatic carbocycles. The minimum Gasteiger partial charge on any atom is -0.200 e. The molecule has 0 saturated heterocycles. The molecule has 0 bridgehead atoms. The number of nitrogens with zero attached hydrogens (tertiary/aromatic N) is 1. The Kier molecular flexibility index (Phi) is 6.97. The number of sulfonamides is 1. The van der Waals surface area contributed by atoms with Gasteiger partial charge in [0.15, 0.2) is 0 Å². The normalized spacial score (nSPS) is 12.9. The summed E-state index contributed by atoms with van der Waals surface area (Å²) in [6, 6.07) is 12.7. The fraction of sp³-hybridized carbons (Fsp3) is 0.318. The lowest BCUT2D eigenvalue weighted by Crippen LogP contribution is -2.18. The summed E-state index contributed by atoms with van der Waals surface area (Å²) in [5.74, 6) is 0. The number of hydrogen-bond donors (Lipinski definition) is 1. The molecule has 1 N–H and O–H groups in total. The van der Waals surface area contributed by atoms with Gasteiger partial charge in [-0.25, -0.2) is 4.83 Å². The molecule has 0 amide bonds. The number of rotatable bonds is 7. The molecule has 0 aliphatic rings. The zero-order valence-corrected chi connectivity index (χ0v) is 17.5. The molecular formula is C22H28N2O2S. The van der Waals surface area contributed by atoms with Gasteiger partial charge < -0.3 is 0 Å². The van der Waals surface area contributed by atoms with Crippen LogP contribution in [-0.4, -0.2) is 14.6 Å². The van der Waals surface area contributed by atoms with E-state index in [0.29, 0.717) is 0 Å². The van der Waals surface area contributed by atoms with Crippen LogP contribution >= 0.6 is 0 Å². The van der Waals surface area contributed by atoms with Gasteiger partial charge in [0.25, 0.3) is 10.0 Å². The molecule has 4 nitrogen and oxygen atoms in total. The summed E-state index contributed by atoms with van der Waals surface area (Å²) >= 11 is 0.